The highest BCUT2D eigenvalue weighted by Gasteiger charge is 2.56. The summed E-state index contributed by atoms with van der Waals surface area (Å²) in [4.78, 5) is 0. The second kappa shape index (κ2) is 4.60. The topological polar surface area (TPSA) is 20.2 Å². The predicted octanol–water partition coefficient (Wildman–Crippen LogP) is 4.56. The number of hydrogen-bond donors (Lipinski definition) is 1. The van der Waals surface area contributed by atoms with Crippen LogP contribution in [-0.4, -0.2) is 11.2 Å². The van der Waals surface area contributed by atoms with Gasteiger partial charge in [0.25, 0.3) is 0 Å². The molecule has 0 aliphatic heterocycles. The molecule has 0 heterocycles. The molecule has 0 spiro atoms. The number of hydrogen-bond acceptors (Lipinski definition) is 1. The minimum Gasteiger partial charge on any atom is -0.393 e. The van der Waals surface area contributed by atoms with Crippen LogP contribution in [0.2, 0.25) is 0 Å². The van der Waals surface area contributed by atoms with Crippen molar-refractivity contribution in [2.24, 2.45) is 35.0 Å². The molecule has 4 rings (SSSR count). The molecule has 3 fully saturated rings. The van der Waals surface area contributed by atoms with Gasteiger partial charge in [-0.15, -0.1) is 0 Å². The van der Waals surface area contributed by atoms with Gasteiger partial charge in [-0.05, 0) is 93.3 Å². The molecule has 4 aliphatic carbocycles. The molecule has 0 aromatic rings. The fraction of sp³-hybridized carbons (Fsp3) is 0.895. The van der Waals surface area contributed by atoms with Crippen molar-refractivity contribution in [3.05, 3.63) is 11.6 Å². The van der Waals surface area contributed by atoms with Crippen molar-refractivity contribution in [3.8, 4) is 0 Å². The van der Waals surface area contributed by atoms with Gasteiger partial charge in [0.05, 0.1) is 6.10 Å². The van der Waals surface area contributed by atoms with Crippen LogP contribution in [0.3, 0.4) is 0 Å². The molecule has 0 saturated heterocycles. The molecule has 0 amide bonds. The second-order valence-electron chi connectivity index (χ2n) is 8.56. The minimum absolute atomic E-state index is 0.0142. The van der Waals surface area contributed by atoms with Gasteiger partial charge in [-0.3, -0.25) is 0 Å². The van der Waals surface area contributed by atoms with E-state index in [-0.39, 0.29) is 11.5 Å². The lowest BCUT2D eigenvalue weighted by atomic mass is 9.51. The molecule has 5 unspecified atom stereocenters. The Morgan fingerprint density at radius 3 is 2.75 bits per heavy atom. The fourth-order valence-electron chi connectivity index (χ4n) is 6.66. The second-order valence-corrected chi connectivity index (χ2v) is 8.56. The highest BCUT2D eigenvalue weighted by molar-refractivity contribution is 5.11. The van der Waals surface area contributed by atoms with Gasteiger partial charge in [0.2, 0.25) is 0 Å². The van der Waals surface area contributed by atoms with E-state index in [9.17, 15) is 5.11 Å². The SMILES string of the molecule is CC1=CCC2C3CC[C@]4(C)C(O)CCC4C3CC[C@H]2C1. The largest absolute Gasteiger partial charge is 0.393 e. The summed E-state index contributed by atoms with van der Waals surface area (Å²) in [5.41, 5.74) is 1.90. The van der Waals surface area contributed by atoms with E-state index >= 15 is 0 Å². The van der Waals surface area contributed by atoms with E-state index in [0.29, 0.717) is 0 Å². The van der Waals surface area contributed by atoms with Gasteiger partial charge in [0.15, 0.2) is 0 Å². The Bertz CT molecular complexity index is 425. The first-order valence-corrected chi connectivity index (χ1v) is 8.93. The number of aliphatic hydroxyl groups is 1. The Morgan fingerprint density at radius 2 is 1.90 bits per heavy atom. The van der Waals surface area contributed by atoms with Crippen molar-refractivity contribution in [1.82, 2.24) is 0 Å². The molecule has 112 valence electrons. The van der Waals surface area contributed by atoms with E-state index in [4.69, 9.17) is 0 Å². The van der Waals surface area contributed by atoms with Crippen LogP contribution >= 0.6 is 0 Å². The summed E-state index contributed by atoms with van der Waals surface area (Å²) in [6, 6.07) is 0. The van der Waals surface area contributed by atoms with Crippen LogP contribution < -0.4 is 0 Å². The minimum atomic E-state index is -0.0142. The van der Waals surface area contributed by atoms with Crippen LogP contribution in [0.15, 0.2) is 11.6 Å². The zero-order valence-electron chi connectivity index (χ0n) is 13.1. The third kappa shape index (κ3) is 1.78. The molecule has 20 heavy (non-hydrogen) atoms. The molecule has 1 N–H and O–H groups in total. The van der Waals surface area contributed by atoms with Crippen molar-refractivity contribution in [2.75, 3.05) is 0 Å². The summed E-state index contributed by atoms with van der Waals surface area (Å²) in [5.74, 6) is 4.68. The van der Waals surface area contributed by atoms with Gasteiger partial charge >= 0.3 is 0 Å². The lowest BCUT2D eigenvalue weighted by Crippen LogP contribution is -2.48. The van der Waals surface area contributed by atoms with Crippen LogP contribution in [0.25, 0.3) is 0 Å². The van der Waals surface area contributed by atoms with E-state index < -0.39 is 0 Å². The summed E-state index contributed by atoms with van der Waals surface area (Å²) in [7, 11) is 0. The maximum Gasteiger partial charge on any atom is 0.0596 e. The lowest BCUT2D eigenvalue weighted by molar-refractivity contribution is -0.0743. The lowest BCUT2D eigenvalue weighted by Gasteiger charge is -2.55. The maximum absolute atomic E-state index is 10.4. The van der Waals surface area contributed by atoms with Crippen LogP contribution in [-0.2, 0) is 0 Å². The van der Waals surface area contributed by atoms with Crippen molar-refractivity contribution in [3.63, 3.8) is 0 Å². The number of fused-ring (bicyclic) bond motifs is 5. The standard InChI is InChI=1S/C19H30O/c1-12-3-5-14-13(11-12)4-6-16-15(14)9-10-19(2)17(16)7-8-18(19)20/h3,13-18,20H,4-11H2,1-2H3/t13-,14?,15?,16?,17?,18?,19-/m0/s1. The average Bonchev–Trinajstić information content (AvgIpc) is 2.74. The Labute approximate surface area is 123 Å². The van der Waals surface area contributed by atoms with Crippen molar-refractivity contribution in [1.29, 1.82) is 0 Å². The van der Waals surface area contributed by atoms with E-state index in [1.807, 2.05) is 0 Å². The highest BCUT2D eigenvalue weighted by Crippen LogP contribution is 2.62. The summed E-state index contributed by atoms with van der Waals surface area (Å²) < 4.78 is 0. The van der Waals surface area contributed by atoms with Crippen LogP contribution in [0, 0.1) is 35.0 Å². The first-order valence-electron chi connectivity index (χ1n) is 8.93. The summed E-state index contributed by atoms with van der Waals surface area (Å²) in [6.45, 7) is 4.72. The summed E-state index contributed by atoms with van der Waals surface area (Å²) in [5, 5.41) is 10.4. The first kappa shape index (κ1) is 13.4. The smallest absolute Gasteiger partial charge is 0.0596 e. The van der Waals surface area contributed by atoms with Crippen LogP contribution in [0.1, 0.15) is 65.2 Å². The molecule has 7 atom stereocenters. The van der Waals surface area contributed by atoms with Gasteiger partial charge in [-0.25, -0.2) is 0 Å². The Morgan fingerprint density at radius 1 is 1.05 bits per heavy atom. The average molecular weight is 274 g/mol. The van der Waals surface area contributed by atoms with E-state index in [1.165, 1.54) is 44.9 Å². The number of aliphatic hydroxyl groups excluding tert-OH is 1. The van der Waals surface area contributed by atoms with Crippen LogP contribution in [0.5, 0.6) is 0 Å². The monoisotopic (exact) mass is 274 g/mol. The molecule has 0 aromatic carbocycles. The van der Waals surface area contributed by atoms with Crippen LogP contribution in [0.4, 0.5) is 0 Å². The van der Waals surface area contributed by atoms with Gasteiger partial charge in [0.1, 0.15) is 0 Å². The first-order chi connectivity index (χ1) is 9.59. The summed E-state index contributed by atoms with van der Waals surface area (Å²) >= 11 is 0. The third-order valence-electron chi connectivity index (χ3n) is 7.79. The number of rotatable bonds is 0. The quantitative estimate of drug-likeness (QED) is 0.642. The predicted molar refractivity (Wildman–Crippen MR) is 82.3 cm³/mol. The molecule has 0 bridgehead atoms. The molecular weight excluding hydrogens is 244 g/mol. The van der Waals surface area contributed by atoms with Gasteiger partial charge in [-0.1, -0.05) is 18.6 Å². The Balaban J connectivity index is 1.60. The Hall–Kier alpha value is -0.300. The third-order valence-corrected chi connectivity index (χ3v) is 7.79. The highest BCUT2D eigenvalue weighted by atomic mass is 16.3. The normalized spacial score (nSPS) is 54.6. The van der Waals surface area contributed by atoms with Gasteiger partial charge in [0, 0.05) is 0 Å². The Kier molecular flexibility index (Phi) is 3.07. The van der Waals surface area contributed by atoms with E-state index in [2.05, 4.69) is 19.9 Å². The summed E-state index contributed by atoms with van der Waals surface area (Å²) in [6.07, 6.45) is 13.2. The maximum atomic E-state index is 10.4. The molecule has 0 aromatic heterocycles. The fourth-order valence-corrected chi connectivity index (χ4v) is 6.66. The zero-order valence-corrected chi connectivity index (χ0v) is 13.1. The van der Waals surface area contributed by atoms with Gasteiger partial charge in [-0.2, -0.15) is 0 Å². The zero-order chi connectivity index (χ0) is 13.9. The molecule has 1 nitrogen and oxygen atoms in total. The van der Waals surface area contributed by atoms with Gasteiger partial charge < -0.3 is 5.11 Å². The molecular formula is C19H30O. The van der Waals surface area contributed by atoms with Crippen molar-refractivity contribution in [2.45, 2.75) is 71.3 Å². The van der Waals surface area contributed by atoms with Crippen molar-refractivity contribution < 1.29 is 5.11 Å². The molecule has 4 aliphatic rings. The van der Waals surface area contributed by atoms with Crippen molar-refractivity contribution >= 4 is 0 Å². The molecule has 1 heteroatoms. The number of allylic oxidation sites excluding steroid dienone is 2. The molecule has 3 saturated carbocycles. The molecule has 0 radical (unpaired) electrons. The van der Waals surface area contributed by atoms with E-state index in [0.717, 1.165) is 36.0 Å². The van der Waals surface area contributed by atoms with E-state index in [1.54, 1.807) is 5.57 Å².